The third-order valence-corrected chi connectivity index (χ3v) is 4.69. The van der Waals surface area contributed by atoms with E-state index >= 15 is 0 Å². The van der Waals surface area contributed by atoms with Gasteiger partial charge in [0.25, 0.3) is 0 Å². The molecule has 6 nitrogen and oxygen atoms in total. The largest absolute Gasteiger partial charge is 0.388 e. The van der Waals surface area contributed by atoms with Gasteiger partial charge in [-0.05, 0) is 6.92 Å². The highest BCUT2D eigenvalue weighted by Crippen LogP contribution is 2.38. The molecule has 0 aromatic heterocycles. The molecule has 8 heteroatoms. The van der Waals surface area contributed by atoms with Crippen LogP contribution in [0.5, 0.6) is 0 Å². The summed E-state index contributed by atoms with van der Waals surface area (Å²) in [6.45, 7) is 1.05. The predicted molar refractivity (Wildman–Crippen MR) is 74.6 cm³/mol. The van der Waals surface area contributed by atoms with E-state index in [0.29, 0.717) is 0 Å². The summed E-state index contributed by atoms with van der Waals surface area (Å²) in [6, 6.07) is -0.489. The Morgan fingerprint density at radius 3 is 2.75 bits per heavy atom. The number of aliphatic imine (C=N–C) groups is 1. The van der Waals surface area contributed by atoms with E-state index in [1.54, 1.807) is 6.92 Å². The molecule has 0 radical (unpaired) electrons. The number of ether oxygens (including phenoxy) is 2. The monoisotopic (exact) mass is 308 g/mol. The van der Waals surface area contributed by atoms with E-state index in [1.807, 2.05) is 19.0 Å². The summed E-state index contributed by atoms with van der Waals surface area (Å²) >= 11 is 1.41. The van der Waals surface area contributed by atoms with Gasteiger partial charge in [-0.2, -0.15) is 0 Å². The van der Waals surface area contributed by atoms with Gasteiger partial charge in [-0.15, -0.1) is 0 Å². The van der Waals surface area contributed by atoms with Crippen molar-refractivity contribution in [2.75, 3.05) is 27.4 Å². The summed E-state index contributed by atoms with van der Waals surface area (Å²) in [5, 5.41) is 21.1. The van der Waals surface area contributed by atoms with Crippen LogP contribution in [0.1, 0.15) is 6.92 Å². The molecule has 2 aliphatic heterocycles. The van der Waals surface area contributed by atoms with Gasteiger partial charge < -0.3 is 24.6 Å². The first-order valence-corrected chi connectivity index (χ1v) is 7.44. The number of aliphatic hydroxyl groups is 2. The molecule has 116 valence electrons. The molecular weight excluding hydrogens is 287 g/mol. The van der Waals surface area contributed by atoms with Gasteiger partial charge in [0.1, 0.15) is 36.5 Å². The lowest BCUT2D eigenvalue weighted by molar-refractivity contribution is -0.191. The van der Waals surface area contributed by atoms with Crippen LogP contribution in [0.25, 0.3) is 0 Å². The standard InChI is InChI=1S/C12H21FN2O4S/c1-6(18-5-4-13)10-9(17)8(16)7-11(19-10)20-12(14-7)15(2)3/h6-11,16-17H,4-5H2,1-3H3/t6-,7+,8+,9-,10+,11+/m0/s1. The van der Waals surface area contributed by atoms with Crippen molar-refractivity contribution in [1.82, 2.24) is 4.90 Å². The topological polar surface area (TPSA) is 74.5 Å². The normalized spacial score (nSPS) is 38.3. The number of nitrogens with zero attached hydrogens (tertiary/aromatic N) is 2. The molecule has 0 spiro atoms. The van der Waals surface area contributed by atoms with Crippen molar-refractivity contribution in [3.63, 3.8) is 0 Å². The summed E-state index contributed by atoms with van der Waals surface area (Å²) in [4.78, 5) is 6.20. The molecule has 0 bridgehead atoms. The van der Waals surface area contributed by atoms with Gasteiger partial charge in [-0.1, -0.05) is 11.8 Å². The number of hydrogen-bond acceptors (Lipinski definition) is 7. The third-order valence-electron chi connectivity index (χ3n) is 3.39. The molecule has 0 unspecified atom stereocenters. The van der Waals surface area contributed by atoms with Crippen LogP contribution in [0.2, 0.25) is 0 Å². The molecule has 6 atom stereocenters. The smallest absolute Gasteiger partial charge is 0.161 e. The molecular formula is C12H21FN2O4S. The van der Waals surface area contributed by atoms with Gasteiger partial charge in [-0.3, -0.25) is 4.99 Å². The van der Waals surface area contributed by atoms with Gasteiger partial charge in [0.2, 0.25) is 0 Å². The predicted octanol–water partition coefficient (Wildman–Crippen LogP) is -0.159. The number of hydrogen-bond donors (Lipinski definition) is 2. The van der Waals surface area contributed by atoms with E-state index in [2.05, 4.69) is 4.99 Å². The minimum absolute atomic E-state index is 0.0511. The Morgan fingerprint density at radius 2 is 2.15 bits per heavy atom. The minimum atomic E-state index is -1.10. The highest BCUT2D eigenvalue weighted by atomic mass is 32.2. The lowest BCUT2D eigenvalue weighted by atomic mass is 9.95. The van der Waals surface area contributed by atoms with Gasteiger partial charge in [0.05, 0.1) is 12.7 Å². The van der Waals surface area contributed by atoms with Crippen LogP contribution in [0.3, 0.4) is 0 Å². The van der Waals surface area contributed by atoms with Crippen LogP contribution >= 0.6 is 11.8 Å². The van der Waals surface area contributed by atoms with E-state index < -0.39 is 37.1 Å². The quantitative estimate of drug-likeness (QED) is 0.752. The molecule has 2 aliphatic rings. The molecule has 2 rings (SSSR count). The second-order valence-corrected chi connectivity index (χ2v) is 6.20. The second-order valence-electron chi connectivity index (χ2n) is 5.13. The molecule has 2 heterocycles. The van der Waals surface area contributed by atoms with Crippen LogP contribution in [-0.2, 0) is 9.47 Å². The Labute approximate surface area is 122 Å². The Bertz CT molecular complexity index is 371. The molecule has 0 saturated carbocycles. The van der Waals surface area contributed by atoms with E-state index in [0.717, 1.165) is 5.17 Å². The number of amidine groups is 1. The zero-order valence-electron chi connectivity index (χ0n) is 11.8. The Hall–Kier alpha value is -0.410. The van der Waals surface area contributed by atoms with Gasteiger partial charge in [0.15, 0.2) is 5.17 Å². The van der Waals surface area contributed by atoms with E-state index in [-0.39, 0.29) is 12.0 Å². The number of rotatable bonds is 4. The van der Waals surface area contributed by atoms with Crippen LogP contribution in [0.15, 0.2) is 4.99 Å². The highest BCUT2D eigenvalue weighted by molar-refractivity contribution is 8.14. The maximum absolute atomic E-state index is 12.1. The molecule has 0 amide bonds. The fourth-order valence-corrected chi connectivity index (χ4v) is 3.45. The van der Waals surface area contributed by atoms with Crippen molar-refractivity contribution in [3.8, 4) is 0 Å². The molecule has 0 aromatic rings. The number of halogens is 1. The van der Waals surface area contributed by atoms with E-state index in [1.165, 1.54) is 11.8 Å². The lowest BCUT2D eigenvalue weighted by Gasteiger charge is -2.40. The summed E-state index contributed by atoms with van der Waals surface area (Å²) in [7, 11) is 3.72. The van der Waals surface area contributed by atoms with Gasteiger partial charge >= 0.3 is 0 Å². The second kappa shape index (κ2) is 6.57. The maximum Gasteiger partial charge on any atom is 0.161 e. The summed E-state index contributed by atoms with van der Waals surface area (Å²) in [5.74, 6) is 0. The van der Waals surface area contributed by atoms with Crippen molar-refractivity contribution in [2.45, 2.75) is 42.8 Å². The third kappa shape index (κ3) is 3.09. The average molecular weight is 308 g/mol. The Balaban J connectivity index is 2.05. The summed E-state index contributed by atoms with van der Waals surface area (Å²) in [6.07, 6.45) is -3.31. The SMILES string of the molecule is C[C@H](OCCF)[C@H]1O[C@@H]2SC(N(C)C)=N[C@@H]2[C@@H](O)[C@@H]1O. The van der Waals surface area contributed by atoms with Crippen molar-refractivity contribution < 1.29 is 24.1 Å². The van der Waals surface area contributed by atoms with Crippen molar-refractivity contribution >= 4 is 16.9 Å². The van der Waals surface area contributed by atoms with Gasteiger partial charge in [-0.25, -0.2) is 4.39 Å². The summed E-state index contributed by atoms with van der Waals surface area (Å²) in [5.41, 5.74) is -0.354. The average Bonchev–Trinajstić information content (AvgIpc) is 2.84. The zero-order valence-corrected chi connectivity index (χ0v) is 12.6. The van der Waals surface area contributed by atoms with Crippen LogP contribution in [-0.4, -0.2) is 83.6 Å². The maximum atomic E-state index is 12.1. The lowest BCUT2D eigenvalue weighted by Crippen LogP contribution is -2.58. The zero-order chi connectivity index (χ0) is 14.9. The van der Waals surface area contributed by atoms with Crippen LogP contribution in [0.4, 0.5) is 4.39 Å². The van der Waals surface area contributed by atoms with Crippen molar-refractivity contribution in [1.29, 1.82) is 0 Å². The number of aliphatic hydroxyl groups excluding tert-OH is 2. The van der Waals surface area contributed by atoms with Gasteiger partial charge in [0, 0.05) is 14.1 Å². The Kier molecular flexibility index (Phi) is 5.25. The molecule has 0 aliphatic carbocycles. The number of fused-ring (bicyclic) bond motifs is 1. The van der Waals surface area contributed by atoms with Crippen LogP contribution in [0, 0.1) is 0 Å². The minimum Gasteiger partial charge on any atom is -0.388 e. The van der Waals surface area contributed by atoms with Crippen molar-refractivity contribution in [3.05, 3.63) is 0 Å². The highest BCUT2D eigenvalue weighted by Gasteiger charge is 2.50. The molecule has 20 heavy (non-hydrogen) atoms. The fourth-order valence-electron chi connectivity index (χ4n) is 2.30. The molecule has 1 saturated heterocycles. The van der Waals surface area contributed by atoms with Crippen molar-refractivity contribution in [2.24, 2.45) is 4.99 Å². The molecule has 2 N–H and O–H groups in total. The number of thioether (sulfide) groups is 1. The van der Waals surface area contributed by atoms with Crippen LogP contribution < -0.4 is 0 Å². The van der Waals surface area contributed by atoms with E-state index in [4.69, 9.17) is 9.47 Å². The number of alkyl halides is 1. The molecule has 0 aromatic carbocycles. The first-order valence-electron chi connectivity index (χ1n) is 6.56. The molecule has 1 fully saturated rings. The fraction of sp³-hybridized carbons (Fsp3) is 0.917. The Morgan fingerprint density at radius 1 is 1.45 bits per heavy atom. The van der Waals surface area contributed by atoms with E-state index in [9.17, 15) is 14.6 Å². The first kappa shape index (κ1) is 16.0. The first-order chi connectivity index (χ1) is 9.45. The summed E-state index contributed by atoms with van der Waals surface area (Å²) < 4.78 is 23.2.